The van der Waals surface area contributed by atoms with Gasteiger partial charge in [0.25, 0.3) is 0 Å². The Labute approximate surface area is 52.8 Å². The average Bonchev–Trinajstić information content (AvgIpc) is 1.72. The Morgan fingerprint density at radius 3 is 2.29 bits per heavy atom. The summed E-state index contributed by atoms with van der Waals surface area (Å²) in [5.74, 6) is 0. The molecule has 0 spiro atoms. The molecule has 0 aliphatic carbocycles. The van der Waals surface area contributed by atoms with Gasteiger partial charge < -0.3 is 4.43 Å². The minimum absolute atomic E-state index is 0. The molecule has 1 saturated heterocycles. The summed E-state index contributed by atoms with van der Waals surface area (Å²) in [5, 5.41) is 0. The molecule has 1 fully saturated rings. The first-order valence-corrected chi connectivity index (χ1v) is 4.15. The molecule has 1 aliphatic rings. The second-order valence-corrected chi connectivity index (χ2v) is 3.20. The van der Waals surface area contributed by atoms with Crippen LogP contribution in [0, 0.1) is 0 Å². The minimum atomic E-state index is 0. The Morgan fingerprint density at radius 1 is 1.29 bits per heavy atom. The lowest BCUT2D eigenvalue weighted by Crippen LogP contribution is -2.06. The molecule has 0 amide bonds. The highest BCUT2D eigenvalue weighted by Gasteiger charge is 1.96. The summed E-state index contributed by atoms with van der Waals surface area (Å²) in [5.41, 5.74) is 0. The molecular formula is C4H11ClOSi. The topological polar surface area (TPSA) is 9.23 Å². The van der Waals surface area contributed by atoms with Crippen LogP contribution in [-0.4, -0.2) is 16.4 Å². The van der Waals surface area contributed by atoms with Crippen LogP contribution in [0.25, 0.3) is 0 Å². The van der Waals surface area contributed by atoms with Gasteiger partial charge in [-0.1, -0.05) is 6.42 Å². The second kappa shape index (κ2) is 4.62. The molecule has 0 unspecified atom stereocenters. The minimum Gasteiger partial charge on any atom is -0.424 e. The number of rotatable bonds is 0. The van der Waals surface area contributed by atoms with Crippen LogP contribution in [0.2, 0.25) is 6.04 Å². The standard InChI is InChI=1S/C4H10OSi.ClH/c1-2-4-6-5-3-1;/h1-4,6H2;1H. The average molecular weight is 139 g/mol. The molecule has 0 aromatic heterocycles. The lowest BCUT2D eigenvalue weighted by atomic mass is 10.4. The van der Waals surface area contributed by atoms with E-state index in [9.17, 15) is 0 Å². The van der Waals surface area contributed by atoms with Gasteiger partial charge in [-0.25, -0.2) is 0 Å². The molecule has 0 radical (unpaired) electrons. The smallest absolute Gasteiger partial charge is 0.161 e. The van der Waals surface area contributed by atoms with Crippen LogP contribution in [0.3, 0.4) is 0 Å². The Balaban J connectivity index is 0.000000360. The number of hydrogen-bond donors (Lipinski definition) is 0. The molecule has 0 saturated carbocycles. The Bertz CT molecular complexity index is 27.2. The van der Waals surface area contributed by atoms with Gasteiger partial charge in [0, 0.05) is 6.61 Å². The van der Waals surface area contributed by atoms with Crippen molar-refractivity contribution in [2.75, 3.05) is 6.61 Å². The molecule has 44 valence electrons. The first kappa shape index (κ1) is 7.47. The van der Waals surface area contributed by atoms with Crippen molar-refractivity contribution in [2.45, 2.75) is 18.9 Å². The van der Waals surface area contributed by atoms with Gasteiger partial charge in [-0.15, -0.1) is 12.4 Å². The van der Waals surface area contributed by atoms with Crippen molar-refractivity contribution >= 4 is 22.2 Å². The SMILES string of the molecule is C1CC[SiH2]OC1.Cl. The zero-order chi connectivity index (χ0) is 4.24. The molecule has 3 heteroatoms. The van der Waals surface area contributed by atoms with Gasteiger partial charge in [0.15, 0.2) is 9.76 Å². The third-order valence-corrected chi connectivity index (χ3v) is 2.44. The Hall–Kier alpha value is 0.467. The van der Waals surface area contributed by atoms with Crippen LogP contribution in [0.1, 0.15) is 12.8 Å². The summed E-state index contributed by atoms with van der Waals surface area (Å²) in [6.07, 6.45) is 2.75. The Kier molecular flexibility index (Phi) is 4.93. The van der Waals surface area contributed by atoms with E-state index < -0.39 is 0 Å². The second-order valence-electron chi connectivity index (χ2n) is 1.67. The monoisotopic (exact) mass is 138 g/mol. The highest BCUT2D eigenvalue weighted by molar-refractivity contribution is 6.27. The summed E-state index contributed by atoms with van der Waals surface area (Å²) in [6, 6.07) is 1.42. The molecule has 0 aromatic rings. The highest BCUT2D eigenvalue weighted by Crippen LogP contribution is 2.01. The first-order chi connectivity index (χ1) is 3.00. The summed E-state index contributed by atoms with van der Waals surface area (Å²) in [4.78, 5) is 0. The number of hydrogen-bond acceptors (Lipinski definition) is 1. The van der Waals surface area contributed by atoms with E-state index >= 15 is 0 Å². The van der Waals surface area contributed by atoms with E-state index in [4.69, 9.17) is 4.43 Å². The van der Waals surface area contributed by atoms with E-state index in [-0.39, 0.29) is 22.2 Å². The zero-order valence-electron chi connectivity index (χ0n) is 4.35. The van der Waals surface area contributed by atoms with E-state index in [1.807, 2.05) is 0 Å². The predicted octanol–water partition coefficient (Wildman–Crippen LogP) is 0.721. The van der Waals surface area contributed by atoms with E-state index in [0.29, 0.717) is 0 Å². The van der Waals surface area contributed by atoms with Crippen molar-refractivity contribution in [2.24, 2.45) is 0 Å². The third-order valence-electron chi connectivity index (χ3n) is 1.08. The van der Waals surface area contributed by atoms with Gasteiger partial charge >= 0.3 is 0 Å². The lowest BCUT2D eigenvalue weighted by Gasteiger charge is -2.07. The summed E-state index contributed by atoms with van der Waals surface area (Å²) in [7, 11) is 0.00849. The molecule has 0 atom stereocenters. The van der Waals surface area contributed by atoms with Crippen molar-refractivity contribution in [3.05, 3.63) is 0 Å². The van der Waals surface area contributed by atoms with Crippen LogP contribution in [0.15, 0.2) is 0 Å². The van der Waals surface area contributed by atoms with Gasteiger partial charge in [-0.3, -0.25) is 0 Å². The largest absolute Gasteiger partial charge is 0.424 e. The summed E-state index contributed by atoms with van der Waals surface area (Å²) >= 11 is 0. The molecule has 0 N–H and O–H groups in total. The third kappa shape index (κ3) is 3.09. The van der Waals surface area contributed by atoms with Crippen LogP contribution in [-0.2, 0) is 4.43 Å². The van der Waals surface area contributed by atoms with Crippen molar-refractivity contribution in [1.82, 2.24) is 0 Å². The van der Waals surface area contributed by atoms with Crippen LogP contribution >= 0.6 is 12.4 Å². The van der Waals surface area contributed by atoms with Crippen molar-refractivity contribution < 1.29 is 4.43 Å². The first-order valence-electron chi connectivity index (χ1n) is 2.58. The molecule has 7 heavy (non-hydrogen) atoms. The quantitative estimate of drug-likeness (QED) is 0.449. The molecule has 0 aromatic carbocycles. The van der Waals surface area contributed by atoms with Gasteiger partial charge in [0.05, 0.1) is 0 Å². The van der Waals surface area contributed by atoms with Crippen molar-refractivity contribution in [3.63, 3.8) is 0 Å². The molecule has 1 rings (SSSR count). The van der Waals surface area contributed by atoms with Crippen LogP contribution in [0.4, 0.5) is 0 Å². The molecule has 1 nitrogen and oxygen atoms in total. The predicted molar refractivity (Wildman–Crippen MR) is 35.8 cm³/mol. The van der Waals surface area contributed by atoms with Gasteiger partial charge in [-0.2, -0.15) is 0 Å². The maximum atomic E-state index is 5.21. The van der Waals surface area contributed by atoms with E-state index in [2.05, 4.69) is 0 Å². The molecular weight excluding hydrogens is 128 g/mol. The van der Waals surface area contributed by atoms with E-state index in [1.165, 1.54) is 18.9 Å². The molecule has 0 bridgehead atoms. The summed E-state index contributed by atoms with van der Waals surface area (Å²) in [6.45, 7) is 1.06. The molecule has 1 aliphatic heterocycles. The zero-order valence-corrected chi connectivity index (χ0v) is 6.58. The van der Waals surface area contributed by atoms with E-state index in [0.717, 1.165) is 6.61 Å². The van der Waals surface area contributed by atoms with Gasteiger partial charge in [-0.05, 0) is 12.5 Å². The fourth-order valence-corrected chi connectivity index (χ4v) is 1.86. The lowest BCUT2D eigenvalue weighted by molar-refractivity contribution is 0.304. The maximum Gasteiger partial charge on any atom is 0.161 e. The van der Waals surface area contributed by atoms with Gasteiger partial charge in [0.2, 0.25) is 0 Å². The van der Waals surface area contributed by atoms with E-state index in [1.54, 1.807) is 0 Å². The van der Waals surface area contributed by atoms with Gasteiger partial charge in [0.1, 0.15) is 0 Å². The number of halogens is 1. The van der Waals surface area contributed by atoms with Crippen LogP contribution < -0.4 is 0 Å². The fraction of sp³-hybridized carbons (Fsp3) is 1.00. The Morgan fingerprint density at radius 2 is 2.14 bits per heavy atom. The summed E-state index contributed by atoms with van der Waals surface area (Å²) < 4.78 is 5.21. The van der Waals surface area contributed by atoms with Crippen molar-refractivity contribution in [3.8, 4) is 0 Å². The molecule has 1 heterocycles. The fourth-order valence-electron chi connectivity index (χ4n) is 0.687. The highest BCUT2D eigenvalue weighted by atomic mass is 35.5. The van der Waals surface area contributed by atoms with Crippen molar-refractivity contribution in [1.29, 1.82) is 0 Å². The normalized spacial score (nSPS) is 24.0. The van der Waals surface area contributed by atoms with Crippen LogP contribution in [0.5, 0.6) is 0 Å². The maximum absolute atomic E-state index is 5.21.